The number of nitrogen functional groups attached to an aromatic ring is 1. The molecule has 0 saturated carbocycles. The zero-order chi connectivity index (χ0) is 28.9. The Hall–Kier alpha value is -3.76. The normalized spacial score (nSPS) is 16.9. The second-order valence-corrected chi connectivity index (χ2v) is 11.1. The number of carbonyl (C=O) groups excluding carboxylic acids is 2. The van der Waals surface area contributed by atoms with Crippen molar-refractivity contribution in [2.75, 3.05) is 42.5 Å². The van der Waals surface area contributed by atoms with E-state index in [-0.39, 0.29) is 23.4 Å². The first-order valence-corrected chi connectivity index (χ1v) is 14.2. The van der Waals surface area contributed by atoms with E-state index in [2.05, 4.69) is 20.5 Å². The molecule has 0 atom stereocenters. The standard InChI is InChI=1S/C30H33ClF2N6O2/c31-22-2-4-26(27(17-22)37-29(40)21-1-3-24(32)25(33)16-21)36-23-8-13-39(14-9-23)30(41)20-6-11-38(12-7-20)18-19-5-10-35-28(34)15-19/h1-5,10,15-17,20,23,36H,6-9,11-14,18H2,(H2,34,35)(H,37,40). The van der Waals surface area contributed by atoms with Gasteiger partial charge in [0, 0.05) is 48.4 Å². The Bertz CT molecular complexity index is 1410. The highest BCUT2D eigenvalue weighted by Crippen LogP contribution is 2.30. The van der Waals surface area contributed by atoms with E-state index in [1.54, 1.807) is 24.4 Å². The molecule has 2 aromatic carbocycles. The third-order valence-electron chi connectivity index (χ3n) is 7.77. The molecule has 0 aliphatic carbocycles. The van der Waals surface area contributed by atoms with Gasteiger partial charge in [-0.1, -0.05) is 11.6 Å². The predicted molar refractivity (Wildman–Crippen MR) is 156 cm³/mol. The molecule has 41 heavy (non-hydrogen) atoms. The molecule has 8 nitrogen and oxygen atoms in total. The molecule has 0 spiro atoms. The lowest BCUT2D eigenvalue weighted by molar-refractivity contribution is -0.138. The first kappa shape index (κ1) is 28.8. The molecule has 3 heterocycles. The number of pyridine rings is 1. The molecule has 1 aromatic heterocycles. The van der Waals surface area contributed by atoms with Crippen molar-refractivity contribution in [1.29, 1.82) is 0 Å². The lowest BCUT2D eigenvalue weighted by atomic mass is 9.93. The molecule has 11 heteroatoms. The van der Waals surface area contributed by atoms with Gasteiger partial charge < -0.3 is 21.3 Å². The summed E-state index contributed by atoms with van der Waals surface area (Å²) in [5, 5.41) is 6.63. The number of benzene rings is 2. The summed E-state index contributed by atoms with van der Waals surface area (Å²) in [6.45, 7) is 3.84. The van der Waals surface area contributed by atoms with Crippen molar-refractivity contribution in [3.8, 4) is 0 Å². The third kappa shape index (κ3) is 7.31. The molecule has 0 bridgehead atoms. The van der Waals surface area contributed by atoms with Crippen LogP contribution in [0.4, 0.5) is 26.0 Å². The third-order valence-corrected chi connectivity index (χ3v) is 8.00. The zero-order valence-electron chi connectivity index (χ0n) is 22.6. The number of likely N-dealkylation sites (tertiary alicyclic amines) is 2. The van der Waals surface area contributed by atoms with Crippen molar-refractivity contribution >= 4 is 40.6 Å². The number of anilines is 3. The molecular weight excluding hydrogens is 550 g/mol. The molecule has 216 valence electrons. The van der Waals surface area contributed by atoms with Gasteiger partial charge in [0.2, 0.25) is 5.91 Å². The second kappa shape index (κ2) is 12.8. The van der Waals surface area contributed by atoms with Crippen LogP contribution in [0.25, 0.3) is 0 Å². The number of amides is 2. The maximum atomic E-state index is 13.6. The van der Waals surface area contributed by atoms with E-state index in [1.807, 2.05) is 17.0 Å². The van der Waals surface area contributed by atoms with Crippen molar-refractivity contribution in [3.05, 3.63) is 82.5 Å². The van der Waals surface area contributed by atoms with Gasteiger partial charge in [0.15, 0.2) is 11.6 Å². The Morgan fingerprint density at radius 1 is 0.927 bits per heavy atom. The van der Waals surface area contributed by atoms with Crippen LogP contribution in [-0.4, -0.2) is 58.8 Å². The van der Waals surface area contributed by atoms with Crippen LogP contribution in [0, 0.1) is 17.6 Å². The Labute approximate surface area is 242 Å². The van der Waals surface area contributed by atoms with Crippen LogP contribution in [0.5, 0.6) is 0 Å². The fourth-order valence-corrected chi connectivity index (χ4v) is 5.66. The number of rotatable bonds is 7. The Morgan fingerprint density at radius 2 is 1.68 bits per heavy atom. The van der Waals surface area contributed by atoms with Crippen LogP contribution in [0.2, 0.25) is 5.02 Å². The van der Waals surface area contributed by atoms with Crippen LogP contribution in [-0.2, 0) is 11.3 Å². The Morgan fingerprint density at radius 3 is 2.39 bits per heavy atom. The van der Waals surface area contributed by atoms with Gasteiger partial charge in [-0.05, 0) is 92.9 Å². The van der Waals surface area contributed by atoms with Gasteiger partial charge in [0.25, 0.3) is 5.91 Å². The maximum Gasteiger partial charge on any atom is 0.255 e. The van der Waals surface area contributed by atoms with E-state index in [1.165, 1.54) is 6.07 Å². The number of nitrogens with two attached hydrogens (primary N) is 1. The number of aromatic nitrogens is 1. The van der Waals surface area contributed by atoms with Gasteiger partial charge in [-0.2, -0.15) is 0 Å². The number of halogens is 3. The molecular formula is C30H33ClF2N6O2. The van der Waals surface area contributed by atoms with Crippen molar-refractivity contribution in [2.45, 2.75) is 38.3 Å². The minimum Gasteiger partial charge on any atom is -0.384 e. The number of nitrogens with one attached hydrogen (secondary N) is 2. The van der Waals surface area contributed by atoms with Crippen molar-refractivity contribution in [1.82, 2.24) is 14.8 Å². The van der Waals surface area contributed by atoms with E-state index in [9.17, 15) is 18.4 Å². The minimum atomic E-state index is -1.09. The smallest absolute Gasteiger partial charge is 0.255 e. The predicted octanol–water partition coefficient (Wildman–Crippen LogP) is 5.16. The zero-order valence-corrected chi connectivity index (χ0v) is 23.3. The van der Waals surface area contributed by atoms with Gasteiger partial charge in [0.1, 0.15) is 5.82 Å². The molecule has 0 unspecified atom stereocenters. The van der Waals surface area contributed by atoms with Crippen molar-refractivity contribution < 1.29 is 18.4 Å². The highest BCUT2D eigenvalue weighted by atomic mass is 35.5. The summed E-state index contributed by atoms with van der Waals surface area (Å²) in [5.41, 5.74) is 8.02. The van der Waals surface area contributed by atoms with E-state index in [0.29, 0.717) is 35.3 Å². The number of carbonyl (C=O) groups is 2. The summed E-state index contributed by atoms with van der Waals surface area (Å²) < 4.78 is 26.9. The average Bonchev–Trinajstić information content (AvgIpc) is 2.96. The maximum absolute atomic E-state index is 13.6. The van der Waals surface area contributed by atoms with Crippen molar-refractivity contribution in [3.63, 3.8) is 0 Å². The molecule has 2 fully saturated rings. The topological polar surface area (TPSA) is 104 Å². The summed E-state index contributed by atoms with van der Waals surface area (Å²) in [6, 6.07) is 12.0. The SMILES string of the molecule is Nc1cc(CN2CCC(C(=O)N3CCC(Nc4ccc(Cl)cc4NC(=O)c4ccc(F)c(F)c4)CC3)CC2)ccn1. The van der Waals surface area contributed by atoms with Crippen LogP contribution >= 0.6 is 11.6 Å². The molecule has 2 amide bonds. The minimum absolute atomic E-state index is 0.00505. The largest absolute Gasteiger partial charge is 0.384 e. The van der Waals surface area contributed by atoms with Gasteiger partial charge in [-0.25, -0.2) is 13.8 Å². The van der Waals surface area contributed by atoms with Gasteiger partial charge >= 0.3 is 0 Å². The highest BCUT2D eigenvalue weighted by molar-refractivity contribution is 6.31. The number of nitrogens with zero attached hydrogens (tertiary/aromatic N) is 3. The average molecular weight is 583 g/mol. The van der Waals surface area contributed by atoms with E-state index < -0.39 is 17.5 Å². The Balaban J connectivity index is 1.12. The first-order chi connectivity index (χ1) is 19.7. The van der Waals surface area contributed by atoms with Crippen LogP contribution < -0.4 is 16.4 Å². The quantitative estimate of drug-likeness (QED) is 0.355. The molecule has 2 aliphatic rings. The van der Waals surface area contributed by atoms with Crippen LogP contribution in [0.15, 0.2) is 54.7 Å². The van der Waals surface area contributed by atoms with E-state index >= 15 is 0 Å². The fourth-order valence-electron chi connectivity index (χ4n) is 5.49. The lowest BCUT2D eigenvalue weighted by Crippen LogP contribution is -2.47. The summed E-state index contributed by atoms with van der Waals surface area (Å²) in [7, 11) is 0. The Kier molecular flexibility index (Phi) is 8.99. The van der Waals surface area contributed by atoms with E-state index in [0.717, 1.165) is 63.0 Å². The molecule has 3 aromatic rings. The molecule has 2 saturated heterocycles. The molecule has 4 N–H and O–H groups in total. The summed E-state index contributed by atoms with van der Waals surface area (Å²) >= 11 is 6.18. The summed E-state index contributed by atoms with van der Waals surface area (Å²) in [5.74, 6) is -1.91. The monoisotopic (exact) mass is 582 g/mol. The summed E-state index contributed by atoms with van der Waals surface area (Å²) in [4.78, 5) is 34.3. The number of hydrogen-bond donors (Lipinski definition) is 3. The molecule has 5 rings (SSSR count). The van der Waals surface area contributed by atoms with E-state index in [4.69, 9.17) is 17.3 Å². The van der Waals surface area contributed by atoms with Gasteiger partial charge in [-0.3, -0.25) is 14.5 Å². The molecule has 0 radical (unpaired) electrons. The second-order valence-electron chi connectivity index (χ2n) is 10.7. The first-order valence-electron chi connectivity index (χ1n) is 13.8. The van der Waals surface area contributed by atoms with Gasteiger partial charge in [0.05, 0.1) is 11.4 Å². The number of hydrogen-bond acceptors (Lipinski definition) is 6. The number of piperidine rings is 2. The summed E-state index contributed by atoms with van der Waals surface area (Å²) in [6.07, 6.45) is 4.91. The fraction of sp³-hybridized carbons (Fsp3) is 0.367. The van der Waals surface area contributed by atoms with Crippen LogP contribution in [0.1, 0.15) is 41.6 Å². The lowest BCUT2D eigenvalue weighted by Gasteiger charge is -2.37. The van der Waals surface area contributed by atoms with Crippen LogP contribution in [0.3, 0.4) is 0 Å². The molecule has 2 aliphatic heterocycles. The highest BCUT2D eigenvalue weighted by Gasteiger charge is 2.31. The van der Waals surface area contributed by atoms with Gasteiger partial charge in [-0.15, -0.1) is 0 Å². The van der Waals surface area contributed by atoms with Crippen molar-refractivity contribution in [2.24, 2.45) is 5.92 Å².